The normalized spacial score (nSPS) is 30.6. The summed E-state index contributed by atoms with van der Waals surface area (Å²) in [5, 5.41) is 0. The molecule has 220 valence electrons. The zero-order chi connectivity index (χ0) is 29.7. The molecule has 10 heteroatoms. The van der Waals surface area contributed by atoms with Crippen LogP contribution in [0.2, 0.25) is 0 Å². The van der Waals surface area contributed by atoms with Gasteiger partial charge in [-0.25, -0.2) is 4.79 Å². The molecule has 3 aromatic rings. The average molecular weight is 606 g/mol. The molecule has 0 aromatic heterocycles. The zero-order valence-corrected chi connectivity index (χ0v) is 23.3. The third-order valence-corrected chi connectivity index (χ3v) is 12.2. The van der Waals surface area contributed by atoms with Crippen molar-refractivity contribution in [1.82, 2.24) is 0 Å². The summed E-state index contributed by atoms with van der Waals surface area (Å²) in [6.45, 7) is 1.80. The van der Waals surface area contributed by atoms with Gasteiger partial charge in [0.05, 0.1) is 22.0 Å². The SMILES string of the molecule is CC1(OC(=O)COc2ccc([S+](c3ccc(C(F)(F)F)cc3)c3ccc(C(F)(F)F)cc3)cc2)C2CC3CC34CC1C24. The van der Waals surface area contributed by atoms with Crippen LogP contribution in [0.25, 0.3) is 0 Å². The number of carbonyl (C=O) groups is 1. The number of ether oxygens (including phenoxy) is 2. The molecule has 3 nitrogen and oxygen atoms in total. The number of benzene rings is 3. The maximum absolute atomic E-state index is 13.2. The third-order valence-electron chi connectivity index (χ3n) is 10.0. The first-order chi connectivity index (χ1) is 19.8. The van der Waals surface area contributed by atoms with Crippen LogP contribution in [0.1, 0.15) is 37.3 Å². The van der Waals surface area contributed by atoms with Crippen molar-refractivity contribution in [2.75, 3.05) is 6.61 Å². The fourth-order valence-corrected chi connectivity index (χ4v) is 9.98. The number of esters is 1. The van der Waals surface area contributed by atoms with E-state index in [1.165, 1.54) is 30.7 Å². The van der Waals surface area contributed by atoms with Crippen LogP contribution < -0.4 is 4.74 Å². The van der Waals surface area contributed by atoms with Gasteiger partial charge < -0.3 is 9.47 Å². The smallest absolute Gasteiger partial charge is 0.416 e. The molecule has 4 aliphatic carbocycles. The Kier molecular flexibility index (Phi) is 6.05. The molecule has 0 radical (unpaired) electrons. The molecule has 4 aliphatic rings. The summed E-state index contributed by atoms with van der Waals surface area (Å²) in [7, 11) is -0.997. The average Bonchev–Trinajstić information content (AvgIpc) is 3.63. The second-order valence-electron chi connectivity index (χ2n) is 12.1. The summed E-state index contributed by atoms with van der Waals surface area (Å²) in [6.07, 6.45) is -5.38. The first-order valence-electron chi connectivity index (χ1n) is 13.8. The lowest BCUT2D eigenvalue weighted by Gasteiger charge is -2.66. The van der Waals surface area contributed by atoms with Crippen molar-refractivity contribution in [3.05, 3.63) is 83.9 Å². The molecule has 6 unspecified atom stereocenters. The van der Waals surface area contributed by atoms with Gasteiger partial charge in [0.2, 0.25) is 0 Å². The van der Waals surface area contributed by atoms with Gasteiger partial charge in [-0.1, -0.05) is 0 Å². The van der Waals surface area contributed by atoms with Crippen LogP contribution in [0.15, 0.2) is 87.5 Å². The van der Waals surface area contributed by atoms with Crippen molar-refractivity contribution in [2.45, 2.75) is 58.8 Å². The minimum Gasteiger partial charge on any atom is -0.482 e. The number of carbonyl (C=O) groups excluding carboxylic acids is 1. The van der Waals surface area contributed by atoms with Gasteiger partial charge >= 0.3 is 18.3 Å². The maximum Gasteiger partial charge on any atom is 0.416 e. The van der Waals surface area contributed by atoms with E-state index in [9.17, 15) is 31.1 Å². The van der Waals surface area contributed by atoms with Gasteiger partial charge in [0, 0.05) is 11.8 Å². The molecular weight excluding hydrogens is 578 g/mol. The van der Waals surface area contributed by atoms with E-state index in [1.54, 1.807) is 24.3 Å². The highest BCUT2D eigenvalue weighted by molar-refractivity contribution is 7.97. The summed E-state index contributed by atoms with van der Waals surface area (Å²) in [6, 6.07) is 15.9. The lowest BCUT2D eigenvalue weighted by Crippen LogP contribution is -2.69. The monoisotopic (exact) mass is 605 g/mol. The quantitative estimate of drug-likeness (QED) is 0.155. The Morgan fingerprint density at radius 1 is 0.786 bits per heavy atom. The fraction of sp³-hybridized carbons (Fsp3) is 0.406. The zero-order valence-electron chi connectivity index (χ0n) is 22.5. The van der Waals surface area contributed by atoms with Gasteiger partial charge in [-0.05, 0) is 116 Å². The van der Waals surface area contributed by atoms with E-state index < -0.39 is 45.9 Å². The fourth-order valence-electron chi connectivity index (χ4n) is 7.94. The highest BCUT2D eigenvalue weighted by Gasteiger charge is 2.86. The van der Waals surface area contributed by atoms with Gasteiger partial charge in [0.1, 0.15) is 11.4 Å². The van der Waals surface area contributed by atoms with Crippen LogP contribution in [0.4, 0.5) is 26.3 Å². The summed E-state index contributed by atoms with van der Waals surface area (Å²) in [5.41, 5.74) is -1.47. The summed E-state index contributed by atoms with van der Waals surface area (Å²) in [4.78, 5) is 14.4. The Balaban J connectivity index is 1.06. The number of hydrogen-bond acceptors (Lipinski definition) is 3. The largest absolute Gasteiger partial charge is 0.482 e. The van der Waals surface area contributed by atoms with Gasteiger partial charge in [0.15, 0.2) is 21.3 Å². The standard InChI is InChI=1S/C32H27F6O3S/c1-29(25-14-20-15-30(20)16-26(29)28(25)30)41-27(39)17-40-21-6-12-24(13-7-21)42(22-8-2-18(3-9-22)31(33,34)35)23-10-4-19(5-11-23)32(36,37)38/h2-13,20,25-26,28H,14-17H2,1H3/q+1. The Morgan fingerprint density at radius 3 is 1.79 bits per heavy atom. The lowest BCUT2D eigenvalue weighted by atomic mass is 9.41. The molecule has 42 heavy (non-hydrogen) atoms. The van der Waals surface area contributed by atoms with Crippen LogP contribution in [-0.2, 0) is 32.8 Å². The number of alkyl halides is 6. The summed E-state index contributed by atoms with van der Waals surface area (Å²) in [5.74, 6) is 2.42. The minimum atomic E-state index is -4.51. The van der Waals surface area contributed by atoms with Crippen molar-refractivity contribution in [2.24, 2.45) is 29.1 Å². The maximum atomic E-state index is 13.2. The topological polar surface area (TPSA) is 35.5 Å². The molecular formula is C32H27F6O3S+. The Morgan fingerprint density at radius 2 is 1.29 bits per heavy atom. The van der Waals surface area contributed by atoms with E-state index in [4.69, 9.17) is 9.47 Å². The molecule has 0 bridgehead atoms. The highest BCUT2D eigenvalue weighted by Crippen LogP contribution is 2.88. The van der Waals surface area contributed by atoms with Crippen molar-refractivity contribution < 1.29 is 40.6 Å². The van der Waals surface area contributed by atoms with Gasteiger partial charge in [-0.2, -0.15) is 26.3 Å². The van der Waals surface area contributed by atoms with Gasteiger partial charge in [0.25, 0.3) is 0 Å². The van der Waals surface area contributed by atoms with Crippen molar-refractivity contribution >= 4 is 16.9 Å². The molecule has 4 fully saturated rings. The Labute approximate surface area is 241 Å². The molecule has 7 rings (SSSR count). The van der Waals surface area contributed by atoms with Gasteiger partial charge in [-0.15, -0.1) is 0 Å². The molecule has 3 aromatic carbocycles. The van der Waals surface area contributed by atoms with Crippen molar-refractivity contribution in [1.29, 1.82) is 0 Å². The minimum absolute atomic E-state index is 0.253. The van der Waals surface area contributed by atoms with E-state index in [0.29, 0.717) is 37.7 Å². The second kappa shape index (κ2) is 9.18. The van der Waals surface area contributed by atoms with Crippen molar-refractivity contribution in [3.63, 3.8) is 0 Å². The molecule has 1 spiro atoms. The number of rotatable bonds is 7. The van der Waals surface area contributed by atoms with Gasteiger partial charge in [-0.3, -0.25) is 0 Å². The first kappa shape index (κ1) is 27.7. The van der Waals surface area contributed by atoms with Crippen molar-refractivity contribution in [3.8, 4) is 5.75 Å². The molecule has 0 amide bonds. The van der Waals surface area contributed by atoms with Crippen LogP contribution in [-0.4, -0.2) is 18.2 Å². The highest BCUT2D eigenvalue weighted by atomic mass is 32.2. The first-order valence-corrected chi connectivity index (χ1v) is 15.1. The van der Waals surface area contributed by atoms with E-state index in [1.807, 2.05) is 6.92 Å². The predicted molar refractivity (Wildman–Crippen MR) is 142 cm³/mol. The lowest BCUT2D eigenvalue weighted by molar-refractivity contribution is -0.266. The molecule has 6 atom stereocenters. The van der Waals surface area contributed by atoms with Crippen LogP contribution in [0.3, 0.4) is 0 Å². The summed E-state index contributed by atoms with van der Waals surface area (Å²) >= 11 is 0. The number of hydrogen-bond donors (Lipinski definition) is 0. The molecule has 4 saturated carbocycles. The van der Waals surface area contributed by atoms with Crippen LogP contribution in [0, 0.1) is 29.1 Å². The Hall–Kier alpha value is -3.14. The van der Waals surface area contributed by atoms with E-state index in [-0.39, 0.29) is 6.61 Å². The van der Waals surface area contributed by atoms with E-state index >= 15 is 0 Å². The number of halogens is 6. The van der Waals surface area contributed by atoms with Crippen LogP contribution in [0.5, 0.6) is 5.75 Å². The van der Waals surface area contributed by atoms with E-state index in [0.717, 1.165) is 48.9 Å². The molecule has 0 heterocycles. The second-order valence-corrected chi connectivity index (χ2v) is 14.1. The predicted octanol–water partition coefficient (Wildman–Crippen LogP) is 8.18. The molecule has 0 aliphatic heterocycles. The molecule has 0 N–H and O–H groups in total. The Bertz CT molecular complexity index is 1460. The summed E-state index contributed by atoms with van der Waals surface area (Å²) < 4.78 is 90.6. The van der Waals surface area contributed by atoms with Crippen LogP contribution >= 0.6 is 0 Å². The van der Waals surface area contributed by atoms with E-state index in [2.05, 4.69) is 0 Å². The molecule has 0 saturated heterocycles. The third kappa shape index (κ3) is 4.31.